The number of nitrogens with zero attached hydrogens (tertiary/aromatic N) is 1. The van der Waals surface area contributed by atoms with Gasteiger partial charge >= 0.3 is 0 Å². The van der Waals surface area contributed by atoms with Gasteiger partial charge in [0.1, 0.15) is 5.56 Å². The van der Waals surface area contributed by atoms with E-state index in [0.29, 0.717) is 6.42 Å². The van der Waals surface area contributed by atoms with Crippen molar-refractivity contribution >= 4 is 17.3 Å². The Morgan fingerprint density at radius 3 is 2.84 bits per heavy atom. The van der Waals surface area contributed by atoms with Crippen LogP contribution in [0.1, 0.15) is 30.1 Å². The van der Waals surface area contributed by atoms with Crippen molar-refractivity contribution < 1.29 is 14.8 Å². The number of hydrogen-bond donors (Lipinski definition) is 3. The molecular formula is C12H17N3O4. The predicted molar refractivity (Wildman–Crippen MR) is 70.8 cm³/mol. The molecule has 0 radical (unpaired) electrons. The molecule has 1 aromatic carbocycles. The molecule has 0 aliphatic carbocycles. The average Bonchev–Trinajstić information content (AvgIpc) is 2.36. The monoisotopic (exact) mass is 267 g/mol. The lowest BCUT2D eigenvalue weighted by Gasteiger charge is -2.11. The number of aliphatic hydroxyl groups excluding tert-OH is 1. The van der Waals surface area contributed by atoms with Gasteiger partial charge in [-0.3, -0.25) is 14.9 Å². The van der Waals surface area contributed by atoms with Crippen molar-refractivity contribution in [3.05, 3.63) is 33.9 Å². The molecule has 19 heavy (non-hydrogen) atoms. The molecule has 0 bridgehead atoms. The van der Waals surface area contributed by atoms with Crippen LogP contribution in [0.2, 0.25) is 0 Å². The van der Waals surface area contributed by atoms with Crippen molar-refractivity contribution in [2.24, 2.45) is 0 Å². The molecule has 1 atom stereocenters. The normalized spacial score (nSPS) is 11.9. The fourth-order valence-corrected chi connectivity index (χ4v) is 1.69. The van der Waals surface area contributed by atoms with Crippen molar-refractivity contribution in [3.63, 3.8) is 0 Å². The lowest BCUT2D eigenvalue weighted by atomic mass is 10.1. The number of rotatable bonds is 6. The van der Waals surface area contributed by atoms with E-state index in [1.807, 2.05) is 6.92 Å². The summed E-state index contributed by atoms with van der Waals surface area (Å²) in [6.45, 7) is 1.95. The van der Waals surface area contributed by atoms with Gasteiger partial charge in [0.15, 0.2) is 0 Å². The van der Waals surface area contributed by atoms with Crippen molar-refractivity contribution in [2.75, 3.05) is 12.3 Å². The van der Waals surface area contributed by atoms with Crippen LogP contribution in [0.4, 0.5) is 11.4 Å². The Hall–Kier alpha value is -2.15. The van der Waals surface area contributed by atoms with Crippen LogP contribution >= 0.6 is 0 Å². The molecule has 0 aliphatic heterocycles. The topological polar surface area (TPSA) is 118 Å². The fourth-order valence-electron chi connectivity index (χ4n) is 1.69. The summed E-state index contributed by atoms with van der Waals surface area (Å²) in [5.41, 5.74) is 5.12. The van der Waals surface area contributed by atoms with Crippen molar-refractivity contribution in [1.82, 2.24) is 5.32 Å². The lowest BCUT2D eigenvalue weighted by Crippen LogP contribution is -2.32. The van der Waals surface area contributed by atoms with E-state index >= 15 is 0 Å². The summed E-state index contributed by atoms with van der Waals surface area (Å²) in [5.74, 6) is -0.653. The third-order valence-electron chi connectivity index (χ3n) is 2.62. The highest BCUT2D eigenvalue weighted by Gasteiger charge is 2.22. The highest BCUT2D eigenvalue weighted by molar-refractivity contribution is 6.03. The Bertz CT molecular complexity index is 476. The number of nitro groups is 1. The van der Waals surface area contributed by atoms with Crippen LogP contribution in [-0.4, -0.2) is 28.6 Å². The molecule has 7 nitrogen and oxygen atoms in total. The summed E-state index contributed by atoms with van der Waals surface area (Å²) in [7, 11) is 0. The molecule has 1 amide bonds. The molecule has 4 N–H and O–H groups in total. The van der Waals surface area contributed by atoms with Gasteiger partial charge in [-0.25, -0.2) is 0 Å². The first kappa shape index (κ1) is 14.9. The molecule has 0 heterocycles. The van der Waals surface area contributed by atoms with Crippen LogP contribution in [0.15, 0.2) is 18.2 Å². The van der Waals surface area contributed by atoms with E-state index in [2.05, 4.69) is 5.32 Å². The Labute approximate surface area is 110 Å². The van der Waals surface area contributed by atoms with Crippen LogP contribution in [0.25, 0.3) is 0 Å². The second-order valence-corrected chi connectivity index (χ2v) is 4.15. The van der Waals surface area contributed by atoms with Gasteiger partial charge in [0.25, 0.3) is 11.6 Å². The van der Waals surface area contributed by atoms with Crippen molar-refractivity contribution in [3.8, 4) is 0 Å². The van der Waals surface area contributed by atoms with Gasteiger partial charge < -0.3 is 16.2 Å². The van der Waals surface area contributed by atoms with E-state index in [9.17, 15) is 20.0 Å². The maximum Gasteiger partial charge on any atom is 0.284 e. The molecule has 0 saturated heterocycles. The van der Waals surface area contributed by atoms with Crippen LogP contribution < -0.4 is 11.1 Å². The number of carbonyl (C=O) groups excluding carboxylic acids is 1. The number of aliphatic hydroxyl groups is 1. The minimum atomic E-state index is -0.669. The summed E-state index contributed by atoms with van der Waals surface area (Å²) < 4.78 is 0. The predicted octanol–water partition coefficient (Wildman–Crippen LogP) is 1.07. The molecule has 1 unspecified atom stereocenters. The van der Waals surface area contributed by atoms with E-state index < -0.39 is 16.9 Å². The summed E-state index contributed by atoms with van der Waals surface area (Å²) >= 11 is 0. The number of anilines is 1. The molecule has 7 heteroatoms. The summed E-state index contributed by atoms with van der Waals surface area (Å²) in [6, 6.07) is 4.05. The number of nitrogens with one attached hydrogen (secondary N) is 1. The van der Waals surface area contributed by atoms with Crippen LogP contribution in [0, 0.1) is 10.1 Å². The SMILES string of the molecule is CCCC(O)CNC(=O)c1c(N)cccc1[N+](=O)[O-]. The number of carbonyl (C=O) groups is 1. The summed E-state index contributed by atoms with van der Waals surface area (Å²) in [6.07, 6.45) is 0.662. The zero-order valence-electron chi connectivity index (χ0n) is 10.6. The first-order chi connectivity index (χ1) is 8.97. The van der Waals surface area contributed by atoms with Crippen molar-refractivity contribution in [2.45, 2.75) is 25.9 Å². The van der Waals surface area contributed by atoms with E-state index in [4.69, 9.17) is 5.73 Å². The molecule has 104 valence electrons. The largest absolute Gasteiger partial charge is 0.398 e. The van der Waals surface area contributed by atoms with E-state index in [0.717, 1.165) is 6.42 Å². The molecule has 0 aliphatic rings. The highest BCUT2D eigenvalue weighted by atomic mass is 16.6. The minimum Gasteiger partial charge on any atom is -0.398 e. The summed E-state index contributed by atoms with van der Waals surface area (Å²) in [5, 5.41) is 22.8. The Morgan fingerprint density at radius 2 is 2.26 bits per heavy atom. The van der Waals surface area contributed by atoms with Gasteiger partial charge in [-0.05, 0) is 12.5 Å². The highest BCUT2D eigenvalue weighted by Crippen LogP contribution is 2.23. The molecule has 1 rings (SSSR count). The summed E-state index contributed by atoms with van der Waals surface area (Å²) in [4.78, 5) is 22.1. The third-order valence-corrected chi connectivity index (χ3v) is 2.62. The lowest BCUT2D eigenvalue weighted by molar-refractivity contribution is -0.385. The number of nitro benzene ring substituents is 1. The van der Waals surface area contributed by atoms with Gasteiger partial charge in [-0.15, -0.1) is 0 Å². The zero-order chi connectivity index (χ0) is 14.4. The quantitative estimate of drug-likeness (QED) is 0.404. The second-order valence-electron chi connectivity index (χ2n) is 4.15. The number of nitrogens with two attached hydrogens (primary N) is 1. The second kappa shape index (κ2) is 6.69. The van der Waals surface area contributed by atoms with Crippen LogP contribution in [-0.2, 0) is 0 Å². The van der Waals surface area contributed by atoms with Gasteiger partial charge in [0, 0.05) is 12.6 Å². The number of nitrogen functional groups attached to an aromatic ring is 1. The van der Waals surface area contributed by atoms with Gasteiger partial charge in [0.05, 0.1) is 16.7 Å². The Morgan fingerprint density at radius 1 is 1.58 bits per heavy atom. The van der Waals surface area contributed by atoms with Crippen molar-refractivity contribution in [1.29, 1.82) is 0 Å². The Kier molecular flexibility index (Phi) is 5.25. The molecule has 0 saturated carbocycles. The maximum absolute atomic E-state index is 11.9. The van der Waals surface area contributed by atoms with Gasteiger partial charge in [-0.2, -0.15) is 0 Å². The molecule has 1 aromatic rings. The van der Waals surface area contributed by atoms with E-state index in [1.165, 1.54) is 18.2 Å². The molecule has 0 aromatic heterocycles. The zero-order valence-corrected chi connectivity index (χ0v) is 10.6. The standard InChI is InChI=1S/C12H17N3O4/c1-2-4-8(16)7-14-12(17)11-9(13)5-3-6-10(11)15(18)19/h3,5-6,8,16H,2,4,7,13H2,1H3,(H,14,17). The van der Waals surface area contributed by atoms with E-state index in [-0.39, 0.29) is 23.5 Å². The van der Waals surface area contributed by atoms with E-state index in [1.54, 1.807) is 0 Å². The molecule has 0 spiro atoms. The fraction of sp³-hybridized carbons (Fsp3) is 0.417. The van der Waals surface area contributed by atoms with Gasteiger partial charge in [0.2, 0.25) is 0 Å². The molecule has 0 fully saturated rings. The number of amides is 1. The average molecular weight is 267 g/mol. The number of hydrogen-bond acceptors (Lipinski definition) is 5. The Balaban J connectivity index is 2.85. The third kappa shape index (κ3) is 3.92. The van der Waals surface area contributed by atoms with Crippen LogP contribution in [0.5, 0.6) is 0 Å². The molecular weight excluding hydrogens is 250 g/mol. The maximum atomic E-state index is 11.9. The first-order valence-electron chi connectivity index (χ1n) is 5.96. The van der Waals surface area contributed by atoms with Gasteiger partial charge in [-0.1, -0.05) is 19.4 Å². The smallest absolute Gasteiger partial charge is 0.284 e. The van der Waals surface area contributed by atoms with Crippen LogP contribution in [0.3, 0.4) is 0 Å². The minimum absolute atomic E-state index is 0.0386. The number of benzene rings is 1. The first-order valence-corrected chi connectivity index (χ1v) is 5.96.